The van der Waals surface area contributed by atoms with Crippen LogP contribution in [0.3, 0.4) is 0 Å². The normalized spacial score (nSPS) is 11.6. The summed E-state index contributed by atoms with van der Waals surface area (Å²) in [7, 11) is -8.13. The second-order valence-electron chi connectivity index (χ2n) is 7.58. The second-order valence-corrected chi connectivity index (χ2v) is 12.3. The van der Waals surface area contributed by atoms with Crippen molar-refractivity contribution in [1.82, 2.24) is 0 Å². The molecule has 1 heterocycles. The van der Waals surface area contributed by atoms with Crippen LogP contribution in [0.4, 0.5) is 5.69 Å². The van der Waals surface area contributed by atoms with E-state index < -0.39 is 25.8 Å². The molecule has 37 heavy (non-hydrogen) atoms. The van der Waals surface area contributed by atoms with E-state index in [2.05, 4.69) is 4.72 Å². The zero-order valence-electron chi connectivity index (χ0n) is 18.8. The number of carboxylic acid groups (broad SMARTS) is 1. The second kappa shape index (κ2) is 10.0. The van der Waals surface area contributed by atoms with Gasteiger partial charge >= 0.3 is 5.97 Å². The van der Waals surface area contributed by atoms with Crippen molar-refractivity contribution in [3.05, 3.63) is 95.4 Å². The summed E-state index contributed by atoms with van der Waals surface area (Å²) in [5, 5.41) is 18.3. The lowest BCUT2D eigenvalue weighted by Gasteiger charge is -2.12. The lowest BCUT2D eigenvalue weighted by Crippen LogP contribution is -2.12. The van der Waals surface area contributed by atoms with Crippen LogP contribution >= 0.6 is 11.3 Å². The number of thiophene rings is 1. The molecule has 10 nitrogen and oxygen atoms in total. The maximum absolute atomic E-state index is 12.9. The fraction of sp³-hybridized carbons (Fsp3) is 0. The van der Waals surface area contributed by atoms with E-state index in [9.17, 15) is 26.7 Å². The highest BCUT2D eigenvalue weighted by Gasteiger charge is 2.24. The average molecular weight is 558 g/mol. The third kappa shape index (κ3) is 5.63. The Labute approximate surface area is 216 Å². The van der Waals surface area contributed by atoms with Gasteiger partial charge in [0, 0.05) is 16.6 Å². The molecule has 1 aromatic heterocycles. The van der Waals surface area contributed by atoms with E-state index in [4.69, 9.17) is 15.9 Å². The molecular formula is C24H19N3O7S3. The van der Waals surface area contributed by atoms with Crippen molar-refractivity contribution < 1.29 is 31.5 Å². The van der Waals surface area contributed by atoms with Crippen molar-refractivity contribution in [3.63, 3.8) is 0 Å². The van der Waals surface area contributed by atoms with Crippen LogP contribution in [-0.4, -0.2) is 33.7 Å². The molecule has 0 atom stereocenters. The van der Waals surface area contributed by atoms with E-state index >= 15 is 0 Å². The number of hydrogen-bond acceptors (Lipinski definition) is 8. The van der Waals surface area contributed by atoms with Crippen LogP contribution in [0.1, 0.15) is 15.9 Å². The minimum Gasteiger partial charge on any atom is -0.478 e. The average Bonchev–Trinajstić information content (AvgIpc) is 3.38. The van der Waals surface area contributed by atoms with Crippen molar-refractivity contribution >= 4 is 48.7 Å². The van der Waals surface area contributed by atoms with E-state index in [-0.39, 0.29) is 42.6 Å². The number of ether oxygens (including phenoxy) is 1. The van der Waals surface area contributed by atoms with Crippen molar-refractivity contribution in [3.8, 4) is 11.5 Å². The largest absolute Gasteiger partial charge is 0.478 e. The summed E-state index contributed by atoms with van der Waals surface area (Å²) in [5.41, 5.74) is 5.51. The summed E-state index contributed by atoms with van der Waals surface area (Å²) < 4.78 is 59.1. The Morgan fingerprint density at radius 1 is 0.919 bits per heavy atom. The van der Waals surface area contributed by atoms with Gasteiger partial charge in [0.2, 0.25) is 9.84 Å². The third-order valence-corrected chi connectivity index (χ3v) is 9.75. The smallest absolute Gasteiger partial charge is 0.339 e. The molecule has 4 rings (SSSR count). The number of rotatable bonds is 9. The van der Waals surface area contributed by atoms with Crippen LogP contribution < -0.4 is 15.2 Å². The molecule has 0 aliphatic heterocycles. The van der Waals surface area contributed by atoms with Crippen LogP contribution in [0.2, 0.25) is 0 Å². The summed E-state index contributed by atoms with van der Waals surface area (Å²) >= 11 is 0.721. The highest BCUT2D eigenvalue weighted by molar-refractivity contribution is 7.95. The lowest BCUT2D eigenvalue weighted by molar-refractivity contribution is 0.0694. The van der Waals surface area contributed by atoms with Gasteiger partial charge in [-0.15, -0.1) is 11.3 Å². The van der Waals surface area contributed by atoms with E-state index in [0.29, 0.717) is 5.56 Å². The Kier molecular flexibility index (Phi) is 7.03. The van der Waals surface area contributed by atoms with Gasteiger partial charge in [-0.25, -0.2) is 21.6 Å². The molecule has 0 aliphatic rings. The highest BCUT2D eigenvalue weighted by atomic mass is 32.2. The molecule has 0 radical (unpaired) electrons. The number of nitrogen functional groups attached to an aromatic ring is 1. The van der Waals surface area contributed by atoms with Gasteiger partial charge in [0.15, 0.2) is 0 Å². The molecule has 0 fully saturated rings. The molecule has 0 spiro atoms. The number of nitrogens with two attached hydrogens (primary N) is 1. The summed E-state index contributed by atoms with van der Waals surface area (Å²) in [6, 6.07) is 18.5. The van der Waals surface area contributed by atoms with Crippen molar-refractivity contribution in [1.29, 1.82) is 5.41 Å². The number of hydrogen-bond donors (Lipinski definition) is 4. The zero-order valence-corrected chi connectivity index (χ0v) is 21.2. The number of carboxylic acids is 1. The molecule has 0 saturated carbocycles. The number of amidine groups is 1. The predicted molar refractivity (Wildman–Crippen MR) is 138 cm³/mol. The van der Waals surface area contributed by atoms with E-state index in [0.717, 1.165) is 23.5 Å². The standard InChI is InChI=1S/C24H19N3O7S3/c25-23(26)15-6-9-17(10-7-15)34-21-11-8-16(12-20(21)24(28)29)27-37(32,33)22-13-19(14-35-22)36(30,31)18-4-2-1-3-5-18/h1-14,27H,(H3,25,26)(H,28,29). The Morgan fingerprint density at radius 2 is 1.59 bits per heavy atom. The summed E-state index contributed by atoms with van der Waals surface area (Å²) in [5.74, 6) is -1.25. The number of carbonyl (C=O) groups is 1. The molecule has 4 aromatic rings. The number of anilines is 1. The van der Waals surface area contributed by atoms with Gasteiger partial charge in [-0.2, -0.15) is 0 Å². The van der Waals surface area contributed by atoms with Gasteiger partial charge in [0.25, 0.3) is 10.0 Å². The Balaban J connectivity index is 1.58. The molecule has 3 aromatic carbocycles. The minimum atomic E-state index is -4.22. The quantitative estimate of drug-likeness (QED) is 0.175. The van der Waals surface area contributed by atoms with E-state index in [1.165, 1.54) is 53.9 Å². The highest BCUT2D eigenvalue weighted by Crippen LogP contribution is 2.32. The lowest BCUT2D eigenvalue weighted by atomic mass is 10.1. The molecule has 13 heteroatoms. The molecule has 0 unspecified atom stereocenters. The first kappa shape index (κ1) is 25.9. The number of benzene rings is 3. The van der Waals surface area contributed by atoms with Crippen LogP contribution in [0.5, 0.6) is 11.5 Å². The summed E-state index contributed by atoms with van der Waals surface area (Å²) in [6.07, 6.45) is 0. The molecule has 190 valence electrons. The predicted octanol–water partition coefficient (Wildman–Crippen LogP) is 4.16. The molecule has 5 N–H and O–H groups in total. The van der Waals surface area contributed by atoms with Crippen LogP contribution in [-0.2, 0) is 19.9 Å². The van der Waals surface area contributed by atoms with Gasteiger partial charge in [0.1, 0.15) is 27.1 Å². The van der Waals surface area contributed by atoms with Gasteiger partial charge in [-0.3, -0.25) is 10.1 Å². The van der Waals surface area contributed by atoms with Gasteiger partial charge in [-0.05, 0) is 60.7 Å². The fourth-order valence-corrected chi connectivity index (χ4v) is 7.15. The molecule has 0 amide bonds. The van der Waals surface area contributed by atoms with Crippen LogP contribution in [0.15, 0.2) is 98.2 Å². The first-order chi connectivity index (χ1) is 17.5. The summed E-state index contributed by atoms with van der Waals surface area (Å²) in [4.78, 5) is 11.7. The third-order valence-electron chi connectivity index (χ3n) is 5.04. The monoisotopic (exact) mass is 557 g/mol. The van der Waals surface area contributed by atoms with Gasteiger partial charge in [0.05, 0.1) is 9.79 Å². The Hall–Kier alpha value is -4.20. The first-order valence-electron chi connectivity index (χ1n) is 10.4. The molecular weight excluding hydrogens is 538 g/mol. The Bertz CT molecular complexity index is 1700. The van der Waals surface area contributed by atoms with E-state index in [1.807, 2.05) is 0 Å². The van der Waals surface area contributed by atoms with Gasteiger partial charge in [-0.1, -0.05) is 18.2 Å². The topological polar surface area (TPSA) is 177 Å². The fourth-order valence-electron chi connectivity index (χ4n) is 3.20. The van der Waals surface area contributed by atoms with Crippen LogP contribution in [0, 0.1) is 5.41 Å². The maximum Gasteiger partial charge on any atom is 0.339 e. The first-order valence-corrected chi connectivity index (χ1v) is 14.2. The molecule has 0 saturated heterocycles. The number of aromatic carboxylic acids is 1. The van der Waals surface area contributed by atoms with Crippen molar-refractivity contribution in [2.45, 2.75) is 14.0 Å². The maximum atomic E-state index is 12.9. The van der Waals surface area contributed by atoms with Crippen molar-refractivity contribution in [2.24, 2.45) is 5.73 Å². The molecule has 0 aliphatic carbocycles. The molecule has 0 bridgehead atoms. The van der Waals surface area contributed by atoms with Gasteiger partial charge < -0.3 is 15.6 Å². The van der Waals surface area contributed by atoms with Crippen molar-refractivity contribution in [2.75, 3.05) is 4.72 Å². The van der Waals surface area contributed by atoms with Crippen LogP contribution in [0.25, 0.3) is 0 Å². The van der Waals surface area contributed by atoms with E-state index in [1.54, 1.807) is 18.2 Å². The Morgan fingerprint density at radius 3 is 2.22 bits per heavy atom. The zero-order chi connectivity index (χ0) is 26.8. The number of sulfonamides is 1. The SMILES string of the molecule is N=C(N)c1ccc(Oc2ccc(NS(=O)(=O)c3cc(S(=O)(=O)c4ccccc4)cs3)cc2C(=O)O)cc1. The minimum absolute atomic E-state index is 0.0299. The summed E-state index contributed by atoms with van der Waals surface area (Å²) in [6.45, 7) is 0. The number of nitrogens with one attached hydrogen (secondary N) is 2. The number of sulfone groups is 1.